The molecule has 0 radical (unpaired) electrons. The monoisotopic (exact) mass is 435 g/mol. The van der Waals surface area contributed by atoms with E-state index in [4.69, 9.17) is 14.0 Å². The number of aromatic nitrogens is 1. The maximum Gasteiger partial charge on any atom is 0.257 e. The predicted octanol–water partition coefficient (Wildman–Crippen LogP) is 4.23. The van der Waals surface area contributed by atoms with Gasteiger partial charge in [0.05, 0.1) is 29.1 Å². The van der Waals surface area contributed by atoms with Crippen molar-refractivity contribution < 1.29 is 18.8 Å². The van der Waals surface area contributed by atoms with Gasteiger partial charge in [-0.2, -0.15) is 0 Å². The maximum absolute atomic E-state index is 13.3. The molecule has 2 heterocycles. The molecule has 168 valence electrons. The summed E-state index contributed by atoms with van der Waals surface area (Å²) in [6, 6.07) is 15.5. The predicted molar refractivity (Wildman–Crippen MR) is 122 cm³/mol. The summed E-state index contributed by atoms with van der Waals surface area (Å²) in [5.74, 6) is 2.17. The standard InChI is InChI=1S/C25H29N3O4/c1-4-30-24-12-8-6-10-22(24)27-13-15-28(16-14-27)25(29)20-9-5-7-11-23(20)31-17-21-18(2)26-32-19(21)3/h5-12H,4,13-17H2,1-3H3. The molecule has 0 saturated carbocycles. The summed E-state index contributed by atoms with van der Waals surface area (Å²) >= 11 is 0. The van der Waals surface area contributed by atoms with Crippen LogP contribution in [0.5, 0.6) is 11.5 Å². The molecule has 1 saturated heterocycles. The Balaban J connectivity index is 1.43. The Labute approximate surface area is 188 Å². The lowest BCUT2D eigenvalue weighted by atomic mass is 10.1. The van der Waals surface area contributed by atoms with E-state index in [1.807, 2.05) is 68.1 Å². The van der Waals surface area contributed by atoms with Crippen LogP contribution in [-0.4, -0.2) is 48.7 Å². The van der Waals surface area contributed by atoms with Crippen LogP contribution in [0.4, 0.5) is 5.69 Å². The molecule has 1 amide bonds. The highest BCUT2D eigenvalue weighted by Gasteiger charge is 2.25. The van der Waals surface area contributed by atoms with Crippen molar-refractivity contribution >= 4 is 11.6 Å². The van der Waals surface area contributed by atoms with Crippen molar-refractivity contribution in [3.05, 3.63) is 71.1 Å². The smallest absolute Gasteiger partial charge is 0.257 e. The highest BCUT2D eigenvalue weighted by atomic mass is 16.5. The lowest BCUT2D eigenvalue weighted by molar-refractivity contribution is 0.0741. The van der Waals surface area contributed by atoms with Crippen molar-refractivity contribution in [2.45, 2.75) is 27.4 Å². The molecule has 0 bridgehead atoms. The van der Waals surface area contributed by atoms with Crippen molar-refractivity contribution in [3.8, 4) is 11.5 Å². The molecule has 7 heteroatoms. The molecule has 32 heavy (non-hydrogen) atoms. The van der Waals surface area contributed by atoms with Gasteiger partial charge < -0.3 is 23.8 Å². The van der Waals surface area contributed by atoms with Crippen LogP contribution in [0, 0.1) is 13.8 Å². The van der Waals surface area contributed by atoms with Gasteiger partial charge in [0.15, 0.2) is 0 Å². The lowest BCUT2D eigenvalue weighted by Gasteiger charge is -2.36. The molecule has 0 unspecified atom stereocenters. The number of benzene rings is 2. The summed E-state index contributed by atoms with van der Waals surface area (Å²) in [4.78, 5) is 17.5. The van der Waals surface area contributed by atoms with E-state index in [9.17, 15) is 4.79 Å². The Morgan fingerprint density at radius 3 is 2.34 bits per heavy atom. The molecule has 0 aliphatic carbocycles. The molecule has 3 aromatic rings. The van der Waals surface area contributed by atoms with Crippen LogP contribution < -0.4 is 14.4 Å². The summed E-state index contributed by atoms with van der Waals surface area (Å²) < 4.78 is 17.0. The minimum Gasteiger partial charge on any atom is -0.492 e. The zero-order chi connectivity index (χ0) is 22.5. The summed E-state index contributed by atoms with van der Waals surface area (Å²) in [6.45, 7) is 9.44. The van der Waals surface area contributed by atoms with Crippen LogP contribution in [0.15, 0.2) is 53.1 Å². The first-order chi connectivity index (χ1) is 15.6. The van der Waals surface area contributed by atoms with Crippen molar-refractivity contribution in [1.82, 2.24) is 10.1 Å². The fraction of sp³-hybridized carbons (Fsp3) is 0.360. The summed E-state index contributed by atoms with van der Waals surface area (Å²) in [5, 5.41) is 3.97. The van der Waals surface area contributed by atoms with Crippen LogP contribution in [0.3, 0.4) is 0 Å². The van der Waals surface area contributed by atoms with Crippen LogP contribution >= 0.6 is 0 Å². The number of hydrogen-bond donors (Lipinski definition) is 0. The molecule has 1 aliphatic rings. The molecule has 2 aromatic carbocycles. The van der Waals surface area contributed by atoms with Crippen LogP contribution in [0.2, 0.25) is 0 Å². The molecule has 1 aliphatic heterocycles. The Hall–Kier alpha value is -3.48. The molecule has 7 nitrogen and oxygen atoms in total. The number of nitrogens with zero attached hydrogens (tertiary/aromatic N) is 3. The minimum absolute atomic E-state index is 0.0166. The fourth-order valence-electron chi connectivity index (χ4n) is 3.94. The average molecular weight is 436 g/mol. The van der Waals surface area contributed by atoms with Gasteiger partial charge in [-0.3, -0.25) is 4.79 Å². The van der Waals surface area contributed by atoms with Crippen LogP contribution in [0.25, 0.3) is 0 Å². The number of aryl methyl sites for hydroxylation is 2. The molecule has 0 N–H and O–H groups in total. The summed E-state index contributed by atoms with van der Waals surface area (Å²) in [5.41, 5.74) is 3.36. The normalized spacial score (nSPS) is 13.8. The van der Waals surface area contributed by atoms with Gasteiger partial charge >= 0.3 is 0 Å². The third-order valence-electron chi connectivity index (χ3n) is 5.74. The Bertz CT molecular complexity index is 1050. The van der Waals surface area contributed by atoms with Gasteiger partial charge in [-0.05, 0) is 45.0 Å². The minimum atomic E-state index is -0.0166. The molecule has 4 rings (SSSR count). The number of para-hydroxylation sites is 3. The van der Waals surface area contributed by atoms with E-state index in [0.717, 1.165) is 41.5 Å². The number of carbonyl (C=O) groups excluding carboxylic acids is 1. The number of rotatable bonds is 7. The van der Waals surface area contributed by atoms with Crippen molar-refractivity contribution in [2.24, 2.45) is 0 Å². The Morgan fingerprint density at radius 1 is 0.969 bits per heavy atom. The molecule has 0 spiro atoms. The first-order valence-corrected chi connectivity index (χ1v) is 11.0. The third-order valence-corrected chi connectivity index (χ3v) is 5.74. The van der Waals surface area contributed by atoms with E-state index in [1.54, 1.807) is 0 Å². The van der Waals surface area contributed by atoms with Crippen molar-refractivity contribution in [2.75, 3.05) is 37.7 Å². The fourth-order valence-corrected chi connectivity index (χ4v) is 3.94. The topological polar surface area (TPSA) is 68.0 Å². The van der Waals surface area contributed by atoms with Crippen molar-refractivity contribution in [3.63, 3.8) is 0 Å². The second kappa shape index (κ2) is 9.77. The SMILES string of the molecule is CCOc1ccccc1N1CCN(C(=O)c2ccccc2OCc2c(C)noc2C)CC1. The van der Waals surface area contributed by atoms with E-state index < -0.39 is 0 Å². The van der Waals surface area contributed by atoms with Gasteiger partial charge in [-0.25, -0.2) is 0 Å². The lowest BCUT2D eigenvalue weighted by Crippen LogP contribution is -2.49. The number of amides is 1. The zero-order valence-corrected chi connectivity index (χ0v) is 18.8. The first kappa shape index (κ1) is 21.7. The van der Waals surface area contributed by atoms with Gasteiger partial charge in [0.25, 0.3) is 5.91 Å². The Morgan fingerprint density at radius 2 is 1.66 bits per heavy atom. The number of piperazine rings is 1. The number of ether oxygens (including phenoxy) is 2. The first-order valence-electron chi connectivity index (χ1n) is 11.0. The van der Waals surface area contributed by atoms with E-state index in [1.165, 1.54) is 0 Å². The Kier molecular flexibility index (Phi) is 6.63. The van der Waals surface area contributed by atoms with Crippen molar-refractivity contribution in [1.29, 1.82) is 0 Å². The summed E-state index contributed by atoms with van der Waals surface area (Å²) in [7, 11) is 0. The van der Waals surface area contributed by atoms with E-state index in [0.29, 0.717) is 37.6 Å². The molecule has 1 fully saturated rings. The van der Waals surface area contributed by atoms with Gasteiger partial charge in [0, 0.05) is 26.2 Å². The van der Waals surface area contributed by atoms with E-state index in [-0.39, 0.29) is 5.91 Å². The zero-order valence-electron chi connectivity index (χ0n) is 18.8. The van der Waals surface area contributed by atoms with Gasteiger partial charge in [-0.15, -0.1) is 0 Å². The molecular weight excluding hydrogens is 406 g/mol. The van der Waals surface area contributed by atoms with Gasteiger partial charge in [-0.1, -0.05) is 29.4 Å². The second-order valence-electron chi connectivity index (χ2n) is 7.77. The quantitative estimate of drug-likeness (QED) is 0.553. The van der Waals surface area contributed by atoms with Crippen LogP contribution in [-0.2, 0) is 6.61 Å². The maximum atomic E-state index is 13.3. The number of anilines is 1. The highest BCUT2D eigenvalue weighted by Crippen LogP contribution is 2.29. The average Bonchev–Trinajstić information content (AvgIpc) is 3.15. The molecule has 1 aromatic heterocycles. The van der Waals surface area contributed by atoms with E-state index >= 15 is 0 Å². The number of hydrogen-bond acceptors (Lipinski definition) is 6. The van der Waals surface area contributed by atoms with Crippen LogP contribution in [0.1, 0.15) is 34.3 Å². The second-order valence-corrected chi connectivity index (χ2v) is 7.77. The third kappa shape index (κ3) is 4.56. The number of carbonyl (C=O) groups is 1. The highest BCUT2D eigenvalue weighted by molar-refractivity contribution is 5.97. The van der Waals surface area contributed by atoms with E-state index in [2.05, 4.69) is 16.1 Å². The summed E-state index contributed by atoms with van der Waals surface area (Å²) in [6.07, 6.45) is 0. The van der Waals surface area contributed by atoms with Gasteiger partial charge in [0.2, 0.25) is 0 Å². The van der Waals surface area contributed by atoms with Gasteiger partial charge in [0.1, 0.15) is 23.9 Å². The molecular formula is C25H29N3O4. The molecule has 0 atom stereocenters. The largest absolute Gasteiger partial charge is 0.492 e.